The molecule has 0 radical (unpaired) electrons. The van der Waals surface area contributed by atoms with Crippen molar-refractivity contribution < 1.29 is 19.4 Å². The minimum absolute atomic E-state index is 0.369. The Bertz CT molecular complexity index is 294. The van der Waals surface area contributed by atoms with E-state index >= 15 is 0 Å². The van der Waals surface area contributed by atoms with Gasteiger partial charge in [-0.05, 0) is 17.7 Å². The third-order valence-corrected chi connectivity index (χ3v) is 1.62. The Kier molecular flexibility index (Phi) is 2.97. The Morgan fingerprint density at radius 2 is 1.92 bits per heavy atom. The predicted octanol–water partition coefficient (Wildman–Crippen LogP) is 1.33. The van der Waals surface area contributed by atoms with Crippen LogP contribution >= 0.6 is 0 Å². The van der Waals surface area contributed by atoms with Crippen molar-refractivity contribution in [3.63, 3.8) is 0 Å². The molecule has 0 aliphatic carbocycles. The van der Waals surface area contributed by atoms with Crippen LogP contribution in [-0.2, 0) is 4.79 Å². The summed E-state index contributed by atoms with van der Waals surface area (Å²) in [7, 11) is 0. The van der Waals surface area contributed by atoms with Gasteiger partial charge in [0, 0.05) is 0 Å². The maximum atomic E-state index is 12.4. The highest BCUT2D eigenvalue weighted by atomic mass is 19.1. The normalized spacial score (nSPS) is 12.5. The molecule has 1 atom stereocenters. The summed E-state index contributed by atoms with van der Waals surface area (Å²) in [5.74, 6) is -1.50. The van der Waals surface area contributed by atoms with Crippen LogP contribution in [0, 0.1) is 5.82 Å². The third-order valence-electron chi connectivity index (χ3n) is 1.62. The molecule has 70 valence electrons. The molecule has 0 bridgehead atoms. The molecular weight excluding hydrogens is 175 g/mol. The lowest BCUT2D eigenvalue weighted by Crippen LogP contribution is -2.05. The minimum Gasteiger partial charge on any atom is -0.481 e. The lowest BCUT2D eigenvalue weighted by Gasteiger charge is -2.07. The zero-order chi connectivity index (χ0) is 9.84. The molecule has 0 unspecified atom stereocenters. The van der Waals surface area contributed by atoms with Crippen LogP contribution in [0.3, 0.4) is 0 Å². The standard InChI is InChI=1S/C9H9FO3/c10-7-3-1-6(2-4-7)8(11)5-9(12)13/h1-4,8,11H,5H2,(H,12,13)/t8-/m1/s1. The van der Waals surface area contributed by atoms with Crippen molar-refractivity contribution >= 4 is 5.97 Å². The number of aliphatic hydroxyl groups excluding tert-OH is 1. The van der Waals surface area contributed by atoms with E-state index in [-0.39, 0.29) is 6.42 Å². The molecule has 0 heterocycles. The highest BCUT2D eigenvalue weighted by Gasteiger charge is 2.11. The van der Waals surface area contributed by atoms with Crippen molar-refractivity contribution in [3.05, 3.63) is 35.6 Å². The van der Waals surface area contributed by atoms with Crippen LogP contribution in [0.4, 0.5) is 4.39 Å². The van der Waals surface area contributed by atoms with E-state index in [0.29, 0.717) is 5.56 Å². The van der Waals surface area contributed by atoms with Gasteiger partial charge in [0.05, 0.1) is 12.5 Å². The van der Waals surface area contributed by atoms with Crippen LogP contribution in [0.25, 0.3) is 0 Å². The first kappa shape index (κ1) is 9.67. The Morgan fingerprint density at radius 3 is 2.38 bits per heavy atom. The van der Waals surface area contributed by atoms with Crippen molar-refractivity contribution in [3.8, 4) is 0 Å². The van der Waals surface area contributed by atoms with Crippen molar-refractivity contribution in [1.29, 1.82) is 0 Å². The van der Waals surface area contributed by atoms with Gasteiger partial charge in [-0.15, -0.1) is 0 Å². The smallest absolute Gasteiger partial charge is 0.306 e. The summed E-state index contributed by atoms with van der Waals surface area (Å²) >= 11 is 0. The highest BCUT2D eigenvalue weighted by molar-refractivity contribution is 5.67. The van der Waals surface area contributed by atoms with E-state index in [9.17, 15) is 14.3 Å². The molecule has 1 aromatic rings. The molecule has 0 fully saturated rings. The molecule has 1 rings (SSSR count). The quantitative estimate of drug-likeness (QED) is 0.745. The molecule has 1 aromatic carbocycles. The second kappa shape index (κ2) is 4.00. The second-order valence-electron chi connectivity index (χ2n) is 2.67. The fourth-order valence-electron chi connectivity index (χ4n) is 0.968. The van der Waals surface area contributed by atoms with Crippen LogP contribution < -0.4 is 0 Å². The molecule has 4 heteroatoms. The number of aliphatic carboxylic acids is 1. The first-order valence-electron chi connectivity index (χ1n) is 3.75. The lowest BCUT2D eigenvalue weighted by molar-refractivity contribution is -0.139. The Balaban J connectivity index is 2.71. The number of aliphatic hydroxyl groups is 1. The van der Waals surface area contributed by atoms with Crippen LogP contribution in [0.2, 0.25) is 0 Å². The Labute approximate surface area is 74.4 Å². The number of carboxylic acid groups (broad SMARTS) is 1. The van der Waals surface area contributed by atoms with Gasteiger partial charge in [-0.25, -0.2) is 4.39 Å². The molecule has 13 heavy (non-hydrogen) atoms. The fraction of sp³-hybridized carbons (Fsp3) is 0.222. The highest BCUT2D eigenvalue weighted by Crippen LogP contribution is 2.16. The van der Waals surface area contributed by atoms with Crippen LogP contribution in [-0.4, -0.2) is 16.2 Å². The van der Waals surface area contributed by atoms with E-state index < -0.39 is 17.9 Å². The zero-order valence-corrected chi connectivity index (χ0v) is 6.77. The molecule has 0 saturated carbocycles. The van der Waals surface area contributed by atoms with Crippen molar-refractivity contribution in [2.75, 3.05) is 0 Å². The van der Waals surface area contributed by atoms with Crippen molar-refractivity contribution in [2.45, 2.75) is 12.5 Å². The Morgan fingerprint density at radius 1 is 1.38 bits per heavy atom. The second-order valence-corrected chi connectivity index (χ2v) is 2.67. The van der Waals surface area contributed by atoms with Gasteiger partial charge in [-0.1, -0.05) is 12.1 Å². The molecule has 2 N–H and O–H groups in total. The van der Waals surface area contributed by atoms with Crippen molar-refractivity contribution in [2.24, 2.45) is 0 Å². The van der Waals surface area contributed by atoms with Gasteiger partial charge in [-0.3, -0.25) is 4.79 Å². The SMILES string of the molecule is O=C(O)C[C@@H](O)c1ccc(F)cc1. The average molecular weight is 184 g/mol. The number of carbonyl (C=O) groups is 1. The van der Waals surface area contributed by atoms with E-state index in [2.05, 4.69) is 0 Å². The average Bonchev–Trinajstić information content (AvgIpc) is 2.04. The minimum atomic E-state index is -1.09. The van der Waals surface area contributed by atoms with Crippen LogP contribution in [0.5, 0.6) is 0 Å². The van der Waals surface area contributed by atoms with Crippen LogP contribution in [0.15, 0.2) is 24.3 Å². The molecule has 0 aliphatic heterocycles. The lowest BCUT2D eigenvalue weighted by atomic mass is 10.1. The summed E-state index contributed by atoms with van der Waals surface area (Å²) in [4.78, 5) is 10.2. The van der Waals surface area contributed by atoms with Crippen molar-refractivity contribution in [1.82, 2.24) is 0 Å². The maximum absolute atomic E-state index is 12.4. The van der Waals surface area contributed by atoms with Gasteiger partial charge in [0.1, 0.15) is 5.82 Å². The molecule has 0 saturated heterocycles. The molecule has 3 nitrogen and oxygen atoms in total. The molecule has 0 aromatic heterocycles. The topological polar surface area (TPSA) is 57.5 Å². The van der Waals surface area contributed by atoms with Crippen LogP contribution in [0.1, 0.15) is 18.1 Å². The first-order chi connectivity index (χ1) is 6.09. The summed E-state index contributed by atoms with van der Waals surface area (Å²) in [6.07, 6.45) is -1.44. The predicted molar refractivity (Wildman–Crippen MR) is 43.6 cm³/mol. The number of halogens is 1. The van der Waals surface area contributed by atoms with Gasteiger partial charge in [0.15, 0.2) is 0 Å². The zero-order valence-electron chi connectivity index (χ0n) is 6.77. The molecule has 0 amide bonds. The van der Waals surface area contributed by atoms with E-state index in [4.69, 9.17) is 5.11 Å². The van der Waals surface area contributed by atoms with E-state index in [1.54, 1.807) is 0 Å². The van der Waals surface area contributed by atoms with E-state index in [0.717, 1.165) is 0 Å². The van der Waals surface area contributed by atoms with Gasteiger partial charge in [0.25, 0.3) is 0 Å². The summed E-state index contributed by atoms with van der Waals surface area (Å²) in [5, 5.41) is 17.6. The summed E-state index contributed by atoms with van der Waals surface area (Å²) in [6, 6.07) is 5.09. The van der Waals surface area contributed by atoms with Gasteiger partial charge in [-0.2, -0.15) is 0 Å². The monoisotopic (exact) mass is 184 g/mol. The summed E-state index contributed by atoms with van der Waals surface area (Å²) in [5.41, 5.74) is 0.406. The number of benzene rings is 1. The summed E-state index contributed by atoms with van der Waals surface area (Å²) < 4.78 is 12.4. The molecule has 0 aliphatic rings. The Hall–Kier alpha value is -1.42. The van der Waals surface area contributed by atoms with E-state index in [1.807, 2.05) is 0 Å². The van der Waals surface area contributed by atoms with Gasteiger partial charge >= 0.3 is 5.97 Å². The number of carboxylic acids is 1. The largest absolute Gasteiger partial charge is 0.481 e. The third kappa shape index (κ3) is 2.83. The first-order valence-corrected chi connectivity index (χ1v) is 3.75. The fourth-order valence-corrected chi connectivity index (χ4v) is 0.968. The number of hydrogen-bond donors (Lipinski definition) is 2. The van der Waals surface area contributed by atoms with Gasteiger partial charge in [0.2, 0.25) is 0 Å². The van der Waals surface area contributed by atoms with Gasteiger partial charge < -0.3 is 10.2 Å². The number of rotatable bonds is 3. The molecular formula is C9H9FO3. The number of hydrogen-bond acceptors (Lipinski definition) is 2. The maximum Gasteiger partial charge on any atom is 0.306 e. The van der Waals surface area contributed by atoms with E-state index in [1.165, 1.54) is 24.3 Å². The molecule has 0 spiro atoms. The summed E-state index contributed by atoms with van der Waals surface area (Å²) in [6.45, 7) is 0.